The fraction of sp³-hybridized carbons (Fsp3) is 0.207. The molecule has 1 amide bonds. The first-order valence-electron chi connectivity index (χ1n) is 11.6. The predicted molar refractivity (Wildman–Crippen MR) is 134 cm³/mol. The molecule has 0 aliphatic heterocycles. The largest absolute Gasteiger partial charge is 0.493 e. The number of aryl methyl sites for hydroxylation is 2. The lowest BCUT2D eigenvalue weighted by Gasteiger charge is -2.24. The van der Waals surface area contributed by atoms with Crippen molar-refractivity contribution in [2.75, 3.05) is 7.11 Å². The van der Waals surface area contributed by atoms with Crippen molar-refractivity contribution in [3.8, 4) is 17.6 Å². The van der Waals surface area contributed by atoms with Crippen LogP contribution in [0.3, 0.4) is 0 Å². The molecular weight excluding hydrogens is 473 g/mol. The quantitative estimate of drug-likeness (QED) is 0.292. The molecule has 37 heavy (non-hydrogen) atoms. The van der Waals surface area contributed by atoms with Crippen molar-refractivity contribution < 1.29 is 23.2 Å². The zero-order chi connectivity index (χ0) is 26.4. The summed E-state index contributed by atoms with van der Waals surface area (Å²) < 4.78 is 30.5. The number of ether oxygens (including phenoxy) is 2. The van der Waals surface area contributed by atoms with E-state index in [1.165, 1.54) is 19.2 Å². The van der Waals surface area contributed by atoms with Crippen LogP contribution >= 0.6 is 0 Å². The van der Waals surface area contributed by atoms with Gasteiger partial charge in [0.05, 0.1) is 30.0 Å². The van der Waals surface area contributed by atoms with Gasteiger partial charge in [0.25, 0.3) is 5.91 Å². The Morgan fingerprint density at radius 3 is 2.43 bits per heavy atom. The van der Waals surface area contributed by atoms with Crippen LogP contribution in [0.2, 0.25) is 0 Å². The van der Waals surface area contributed by atoms with E-state index in [-0.39, 0.29) is 31.4 Å². The van der Waals surface area contributed by atoms with Gasteiger partial charge in [-0.05, 0) is 67.4 Å². The Morgan fingerprint density at radius 1 is 1.03 bits per heavy atom. The van der Waals surface area contributed by atoms with Gasteiger partial charge in [-0.25, -0.2) is 4.39 Å². The summed E-state index contributed by atoms with van der Waals surface area (Å²) in [5, 5.41) is 13.0. The molecule has 0 saturated carbocycles. The minimum atomic E-state index is -0.371. The molecule has 0 spiro atoms. The Hall–Kier alpha value is -4.64. The SMILES string of the molecule is COc1cc(C(=O)N(Cc2ccc(C#N)cc2)Cc2cccc(F)c2)ccc1OCc1c(C)noc1C. The Labute approximate surface area is 214 Å². The van der Waals surface area contributed by atoms with Crippen molar-refractivity contribution in [1.29, 1.82) is 5.26 Å². The molecule has 188 valence electrons. The van der Waals surface area contributed by atoms with Gasteiger partial charge in [-0.1, -0.05) is 29.4 Å². The van der Waals surface area contributed by atoms with E-state index in [2.05, 4.69) is 11.2 Å². The van der Waals surface area contributed by atoms with E-state index in [0.717, 1.165) is 16.8 Å². The zero-order valence-corrected chi connectivity index (χ0v) is 20.8. The number of rotatable bonds is 9. The van der Waals surface area contributed by atoms with Gasteiger partial charge in [0, 0.05) is 18.7 Å². The Kier molecular flexibility index (Phi) is 7.84. The van der Waals surface area contributed by atoms with Gasteiger partial charge in [0.2, 0.25) is 0 Å². The maximum absolute atomic E-state index is 13.8. The van der Waals surface area contributed by atoms with E-state index in [1.54, 1.807) is 59.5 Å². The second-order valence-electron chi connectivity index (χ2n) is 8.56. The van der Waals surface area contributed by atoms with E-state index in [0.29, 0.717) is 33.9 Å². The minimum absolute atomic E-state index is 0.198. The number of hydrogen-bond acceptors (Lipinski definition) is 6. The van der Waals surface area contributed by atoms with Crippen LogP contribution in [0.25, 0.3) is 0 Å². The second-order valence-corrected chi connectivity index (χ2v) is 8.56. The van der Waals surface area contributed by atoms with Crippen molar-refractivity contribution in [1.82, 2.24) is 10.1 Å². The topological polar surface area (TPSA) is 88.6 Å². The maximum atomic E-state index is 13.8. The van der Waals surface area contributed by atoms with Crippen LogP contribution < -0.4 is 9.47 Å². The molecule has 0 N–H and O–H groups in total. The molecule has 0 atom stereocenters. The second kappa shape index (κ2) is 11.4. The average Bonchev–Trinajstić information content (AvgIpc) is 3.23. The van der Waals surface area contributed by atoms with Gasteiger partial charge in [0.15, 0.2) is 11.5 Å². The third-order valence-corrected chi connectivity index (χ3v) is 5.97. The number of methoxy groups -OCH3 is 1. The molecule has 3 aromatic carbocycles. The molecule has 4 aromatic rings. The molecule has 7 nitrogen and oxygen atoms in total. The van der Waals surface area contributed by atoms with Gasteiger partial charge in [-0.3, -0.25) is 4.79 Å². The van der Waals surface area contributed by atoms with Gasteiger partial charge in [-0.2, -0.15) is 5.26 Å². The molecule has 0 radical (unpaired) electrons. The van der Waals surface area contributed by atoms with Crippen LogP contribution in [-0.2, 0) is 19.7 Å². The monoisotopic (exact) mass is 499 g/mol. The molecule has 8 heteroatoms. The number of aromatic nitrogens is 1. The highest BCUT2D eigenvalue weighted by atomic mass is 19.1. The number of carbonyl (C=O) groups excluding carboxylic acids is 1. The van der Waals surface area contributed by atoms with Gasteiger partial charge >= 0.3 is 0 Å². The van der Waals surface area contributed by atoms with Crippen LogP contribution in [-0.4, -0.2) is 23.1 Å². The van der Waals surface area contributed by atoms with Gasteiger partial charge < -0.3 is 18.9 Å². The summed E-state index contributed by atoms with van der Waals surface area (Å²) in [6.07, 6.45) is 0. The van der Waals surface area contributed by atoms with Crippen LogP contribution in [0, 0.1) is 31.0 Å². The summed E-state index contributed by atoms with van der Waals surface area (Å²) in [5.41, 5.74) is 4.03. The normalized spacial score (nSPS) is 10.6. The molecule has 0 aliphatic carbocycles. The van der Waals surface area contributed by atoms with Crippen LogP contribution in [0.5, 0.6) is 11.5 Å². The number of amides is 1. The summed E-state index contributed by atoms with van der Waals surface area (Å²) in [4.78, 5) is 15.3. The molecular formula is C29H26FN3O4. The van der Waals surface area contributed by atoms with Crippen LogP contribution in [0.4, 0.5) is 4.39 Å². The van der Waals surface area contributed by atoms with E-state index in [4.69, 9.17) is 19.3 Å². The lowest BCUT2D eigenvalue weighted by atomic mass is 10.1. The molecule has 0 saturated heterocycles. The van der Waals surface area contributed by atoms with Crippen molar-refractivity contribution in [2.24, 2.45) is 0 Å². The van der Waals surface area contributed by atoms with Crippen molar-refractivity contribution in [3.63, 3.8) is 0 Å². The average molecular weight is 500 g/mol. The Bertz CT molecular complexity index is 1420. The van der Waals surface area contributed by atoms with E-state index in [1.807, 2.05) is 13.8 Å². The first-order valence-corrected chi connectivity index (χ1v) is 11.6. The van der Waals surface area contributed by atoms with Crippen molar-refractivity contribution >= 4 is 5.91 Å². The molecule has 0 bridgehead atoms. The molecule has 1 heterocycles. The van der Waals surface area contributed by atoms with Gasteiger partial charge in [-0.15, -0.1) is 0 Å². The van der Waals surface area contributed by atoms with E-state index < -0.39 is 0 Å². The third-order valence-electron chi connectivity index (χ3n) is 5.97. The maximum Gasteiger partial charge on any atom is 0.254 e. The van der Waals surface area contributed by atoms with Crippen LogP contribution in [0.1, 0.15) is 44.1 Å². The lowest BCUT2D eigenvalue weighted by Crippen LogP contribution is -2.30. The lowest BCUT2D eigenvalue weighted by molar-refractivity contribution is 0.0729. The number of hydrogen-bond donors (Lipinski definition) is 0. The summed E-state index contributed by atoms with van der Waals surface area (Å²) in [6.45, 7) is 4.38. The van der Waals surface area contributed by atoms with Crippen molar-refractivity contribution in [2.45, 2.75) is 33.5 Å². The molecule has 0 aliphatic rings. The summed E-state index contributed by atoms with van der Waals surface area (Å²) in [7, 11) is 1.51. The number of carbonyl (C=O) groups is 1. The smallest absolute Gasteiger partial charge is 0.254 e. The number of nitriles is 1. The first-order chi connectivity index (χ1) is 17.9. The van der Waals surface area contributed by atoms with Gasteiger partial charge in [0.1, 0.15) is 18.2 Å². The fourth-order valence-corrected chi connectivity index (χ4v) is 3.92. The Balaban J connectivity index is 1.58. The first kappa shape index (κ1) is 25.5. The summed E-state index contributed by atoms with van der Waals surface area (Å²) in [6, 6.07) is 20.2. The van der Waals surface area contributed by atoms with E-state index >= 15 is 0 Å². The standard InChI is InChI=1S/C29H26FN3O4/c1-19-26(20(2)37-32-19)18-36-27-12-11-24(14-28(27)35-3)29(34)33(17-23-5-4-6-25(30)13-23)16-22-9-7-21(15-31)8-10-22/h4-14H,16-18H2,1-3H3. The van der Waals surface area contributed by atoms with E-state index in [9.17, 15) is 9.18 Å². The highest BCUT2D eigenvalue weighted by Gasteiger charge is 2.20. The van der Waals surface area contributed by atoms with Crippen molar-refractivity contribution in [3.05, 3.63) is 112 Å². The fourth-order valence-electron chi connectivity index (χ4n) is 3.92. The summed E-state index contributed by atoms with van der Waals surface area (Å²) in [5.74, 6) is 0.928. The number of nitrogens with zero attached hydrogens (tertiary/aromatic N) is 3. The third kappa shape index (κ3) is 6.14. The molecule has 4 rings (SSSR count). The highest BCUT2D eigenvalue weighted by molar-refractivity contribution is 5.95. The summed E-state index contributed by atoms with van der Waals surface area (Å²) >= 11 is 0. The number of halogens is 1. The highest BCUT2D eigenvalue weighted by Crippen LogP contribution is 2.30. The zero-order valence-electron chi connectivity index (χ0n) is 20.8. The predicted octanol–water partition coefficient (Wildman–Crippen LogP) is 5.73. The molecule has 0 fully saturated rings. The minimum Gasteiger partial charge on any atom is -0.493 e. The molecule has 1 aromatic heterocycles. The Morgan fingerprint density at radius 2 is 1.78 bits per heavy atom. The van der Waals surface area contributed by atoms with Crippen LogP contribution in [0.15, 0.2) is 71.3 Å². The number of benzene rings is 3. The molecule has 0 unspecified atom stereocenters.